The van der Waals surface area contributed by atoms with Crippen molar-refractivity contribution in [2.45, 2.75) is 116 Å². The average molecular weight is 683 g/mol. The van der Waals surface area contributed by atoms with E-state index in [4.69, 9.17) is 15.2 Å². The molecule has 10 rings (SSSR count). The number of quaternary nitrogens is 1. The van der Waals surface area contributed by atoms with Crippen LogP contribution in [0.2, 0.25) is 0 Å². The number of imide groups is 1. The highest BCUT2D eigenvalue weighted by Crippen LogP contribution is 2.72. The molecule has 9 atom stereocenters. The van der Waals surface area contributed by atoms with Crippen molar-refractivity contribution in [2.75, 3.05) is 6.54 Å². The number of rotatable bonds is 6. The Morgan fingerprint density at radius 2 is 1.70 bits per heavy atom. The van der Waals surface area contributed by atoms with Crippen molar-refractivity contribution in [1.29, 1.82) is 0 Å². The third-order valence-corrected chi connectivity index (χ3v) is 14.9. The van der Waals surface area contributed by atoms with E-state index in [2.05, 4.69) is 31.3 Å². The van der Waals surface area contributed by atoms with Gasteiger partial charge in [0, 0.05) is 53.5 Å². The van der Waals surface area contributed by atoms with Crippen molar-refractivity contribution in [3.63, 3.8) is 0 Å². The van der Waals surface area contributed by atoms with E-state index in [0.717, 1.165) is 105 Å². The molecule has 4 heterocycles. The van der Waals surface area contributed by atoms with E-state index >= 15 is 0 Å². The number of nitrogens with two attached hydrogens (primary N) is 2. The Balaban J connectivity index is 1.24. The normalized spacial score (nSPS) is 41.6. The van der Waals surface area contributed by atoms with Crippen molar-refractivity contribution < 1.29 is 34.0 Å². The molecule has 9 heteroatoms. The van der Waals surface area contributed by atoms with Crippen molar-refractivity contribution >= 4 is 23.8 Å². The Hall–Kier alpha value is -3.30. The van der Waals surface area contributed by atoms with Gasteiger partial charge in [-0.3, -0.25) is 20.2 Å². The van der Waals surface area contributed by atoms with Crippen LogP contribution in [0.5, 0.6) is 0 Å². The van der Waals surface area contributed by atoms with Crippen molar-refractivity contribution in [1.82, 2.24) is 4.90 Å². The first kappa shape index (κ1) is 32.6. The van der Waals surface area contributed by atoms with Crippen LogP contribution < -0.4 is 11.1 Å². The van der Waals surface area contributed by atoms with Crippen LogP contribution in [0.25, 0.3) is 0 Å². The minimum Gasteiger partial charge on any atom is -0.427 e. The van der Waals surface area contributed by atoms with Crippen molar-refractivity contribution in [2.24, 2.45) is 52.1 Å². The molecule has 2 bridgehead atoms. The van der Waals surface area contributed by atoms with E-state index in [0.29, 0.717) is 12.2 Å². The summed E-state index contributed by atoms with van der Waals surface area (Å²) >= 11 is 0. The number of esters is 2. The maximum atomic E-state index is 14.6. The molecule has 2 saturated heterocycles. The highest BCUT2D eigenvalue weighted by molar-refractivity contribution is 6.13. The number of piperidine rings is 1. The predicted molar refractivity (Wildman–Crippen MR) is 184 cm³/mol. The first-order valence-corrected chi connectivity index (χ1v) is 19.7. The lowest BCUT2D eigenvalue weighted by molar-refractivity contribution is -0.708. The monoisotopic (exact) mass is 682 g/mol. The SMILES string of the molecule is CCCC=C1OC(=O)C2=C(C3C4CC[NH2+]C(N)C4CCC3N3C(=O)C=CC3=O)C3CCC12C1C2=C(CCC31)C(=CC1(CC)CCCC1)OC2=O. The summed E-state index contributed by atoms with van der Waals surface area (Å²) < 4.78 is 12.7. The van der Waals surface area contributed by atoms with Crippen molar-refractivity contribution in [3.8, 4) is 0 Å². The summed E-state index contributed by atoms with van der Waals surface area (Å²) in [5, 5.41) is 2.23. The van der Waals surface area contributed by atoms with Gasteiger partial charge in [-0.15, -0.1) is 0 Å². The summed E-state index contributed by atoms with van der Waals surface area (Å²) in [4.78, 5) is 57.0. The number of ether oxygens (including phenoxy) is 2. The molecule has 266 valence electrons. The molecule has 6 aliphatic carbocycles. The van der Waals surface area contributed by atoms with Gasteiger partial charge in [0.2, 0.25) is 0 Å². The summed E-state index contributed by atoms with van der Waals surface area (Å²) in [5.74, 6) is 0.568. The molecular weight excluding hydrogens is 630 g/mol. The zero-order valence-electron chi connectivity index (χ0n) is 29.6. The van der Waals surface area contributed by atoms with Crippen LogP contribution in [-0.2, 0) is 28.7 Å². The first-order valence-electron chi connectivity index (χ1n) is 19.7. The quantitative estimate of drug-likeness (QED) is 0.302. The third kappa shape index (κ3) is 4.44. The van der Waals surface area contributed by atoms with Gasteiger partial charge in [-0.1, -0.05) is 33.1 Å². The molecule has 4 N–H and O–H groups in total. The largest absolute Gasteiger partial charge is 0.427 e. The number of amides is 2. The average Bonchev–Trinajstić information content (AvgIpc) is 3.88. The van der Waals surface area contributed by atoms with Gasteiger partial charge >= 0.3 is 11.9 Å². The molecule has 10 aliphatic rings. The highest BCUT2D eigenvalue weighted by Gasteiger charge is 2.70. The number of unbranched alkanes of at least 4 members (excludes halogenated alkanes) is 1. The molecule has 0 radical (unpaired) electrons. The number of hydrogen-bond donors (Lipinski definition) is 2. The standard InChI is InChI=1S/C41H51N3O6/c1-3-5-8-29-41-19-15-22(24-9-10-26-28(49-38(47)34(26)35(24)41)21-40(4-2)17-6-7-18-40)33(36(41)39(48)50-29)32-23-16-20-43-37(42)25(23)11-12-27(32)44-30(45)13-14-31(44)46/h8,13-14,21-25,27,32,35,37,43H,3-7,9-12,15-20,42H2,1-2H3/p+1. The number of fused-ring (bicyclic) bond motifs is 2. The maximum Gasteiger partial charge on any atom is 0.340 e. The van der Waals surface area contributed by atoms with Crippen LogP contribution in [-0.4, -0.2) is 47.4 Å². The van der Waals surface area contributed by atoms with E-state index in [-0.39, 0.29) is 76.9 Å². The molecule has 4 aliphatic heterocycles. The van der Waals surface area contributed by atoms with E-state index in [1.165, 1.54) is 29.9 Å². The topological polar surface area (TPSA) is 133 Å². The number of hydrogen-bond acceptors (Lipinski definition) is 7. The van der Waals surface area contributed by atoms with Gasteiger partial charge in [0.15, 0.2) is 0 Å². The van der Waals surface area contributed by atoms with Gasteiger partial charge < -0.3 is 14.8 Å². The van der Waals surface area contributed by atoms with E-state index in [1.54, 1.807) is 0 Å². The van der Waals surface area contributed by atoms with Crippen LogP contribution in [0.4, 0.5) is 0 Å². The first-order chi connectivity index (χ1) is 24.2. The summed E-state index contributed by atoms with van der Waals surface area (Å²) in [5.41, 5.74) is 9.78. The predicted octanol–water partition coefficient (Wildman–Crippen LogP) is 4.86. The summed E-state index contributed by atoms with van der Waals surface area (Å²) in [7, 11) is 0. The molecule has 9 nitrogen and oxygen atoms in total. The van der Waals surface area contributed by atoms with Crippen LogP contribution in [0.3, 0.4) is 0 Å². The van der Waals surface area contributed by atoms with Crippen LogP contribution in [0.15, 0.2) is 58.1 Å². The number of allylic oxidation sites excluding steroid dienone is 4. The Bertz CT molecular complexity index is 1690. The fourth-order valence-corrected chi connectivity index (χ4v) is 12.9. The molecule has 5 fully saturated rings. The summed E-state index contributed by atoms with van der Waals surface area (Å²) in [6, 6.07) is -0.341. The summed E-state index contributed by atoms with van der Waals surface area (Å²) in [6.07, 6.45) is 20.2. The number of cyclic esters (lactones) is 2. The van der Waals surface area contributed by atoms with Crippen LogP contribution in [0.1, 0.15) is 104 Å². The third-order valence-electron chi connectivity index (χ3n) is 14.9. The van der Waals surface area contributed by atoms with Crippen LogP contribution >= 0.6 is 0 Å². The van der Waals surface area contributed by atoms with Gasteiger partial charge in [0.05, 0.1) is 17.5 Å². The number of carbonyl (C=O) groups excluding carboxylic acids is 4. The Morgan fingerprint density at radius 3 is 2.44 bits per heavy atom. The van der Waals surface area contributed by atoms with Gasteiger partial charge in [-0.25, -0.2) is 9.59 Å². The lowest BCUT2D eigenvalue weighted by Crippen LogP contribution is -2.97. The number of carbonyl (C=O) groups is 4. The second kappa shape index (κ2) is 11.9. The maximum absolute atomic E-state index is 14.6. The molecule has 2 amide bonds. The van der Waals surface area contributed by atoms with E-state index < -0.39 is 5.41 Å². The van der Waals surface area contributed by atoms with Gasteiger partial charge in [0.1, 0.15) is 17.7 Å². The minimum absolute atomic E-state index is 0.0517. The van der Waals surface area contributed by atoms with E-state index in [1.807, 2.05) is 0 Å². The molecule has 0 aromatic rings. The molecule has 50 heavy (non-hydrogen) atoms. The Kier molecular flexibility index (Phi) is 7.74. The smallest absolute Gasteiger partial charge is 0.340 e. The van der Waals surface area contributed by atoms with Gasteiger partial charge in [0.25, 0.3) is 11.8 Å². The van der Waals surface area contributed by atoms with Crippen LogP contribution in [0, 0.1) is 46.3 Å². The molecule has 1 spiro atoms. The number of nitrogens with zero attached hydrogens (tertiary/aromatic N) is 1. The van der Waals surface area contributed by atoms with Gasteiger partial charge in [-0.2, -0.15) is 0 Å². The highest BCUT2D eigenvalue weighted by atomic mass is 16.5. The lowest BCUT2D eigenvalue weighted by Gasteiger charge is -2.60. The summed E-state index contributed by atoms with van der Waals surface area (Å²) in [6.45, 7) is 5.25. The second-order valence-corrected chi connectivity index (χ2v) is 16.9. The Labute approximate surface area is 294 Å². The fraction of sp³-hybridized carbons (Fsp3) is 0.659. The fourth-order valence-electron chi connectivity index (χ4n) is 12.9. The zero-order chi connectivity index (χ0) is 34.5. The lowest BCUT2D eigenvalue weighted by atomic mass is 9.42. The molecule has 0 aromatic carbocycles. The van der Waals surface area contributed by atoms with Crippen molar-refractivity contribution in [3.05, 3.63) is 58.1 Å². The molecule has 3 saturated carbocycles. The minimum atomic E-state index is -0.760. The molecule has 0 aromatic heterocycles. The second-order valence-electron chi connectivity index (χ2n) is 16.9. The van der Waals surface area contributed by atoms with Gasteiger partial charge in [-0.05, 0) is 105 Å². The molecular formula is C41H52N3O6+. The molecule has 9 unspecified atom stereocenters. The Morgan fingerprint density at radius 1 is 0.920 bits per heavy atom. The zero-order valence-corrected chi connectivity index (χ0v) is 29.6. The van der Waals surface area contributed by atoms with E-state index in [9.17, 15) is 19.2 Å².